The van der Waals surface area contributed by atoms with Gasteiger partial charge in [0.25, 0.3) is 5.79 Å². The molecule has 4 aliphatic carbocycles. The van der Waals surface area contributed by atoms with Gasteiger partial charge < -0.3 is 23.7 Å². The van der Waals surface area contributed by atoms with E-state index in [2.05, 4.69) is 38.7 Å². The van der Waals surface area contributed by atoms with Crippen LogP contribution in [0.1, 0.15) is 49.7 Å². The first-order valence-corrected chi connectivity index (χ1v) is 16.0. The molecule has 0 spiro atoms. The lowest BCUT2D eigenvalue weighted by Gasteiger charge is -2.58. The molecule has 0 amide bonds. The molecule has 0 unspecified atom stereocenters. The van der Waals surface area contributed by atoms with Crippen LogP contribution in [-0.4, -0.2) is 48.6 Å². The summed E-state index contributed by atoms with van der Waals surface area (Å²) in [7, 11) is 0. The van der Waals surface area contributed by atoms with Gasteiger partial charge in [-0.15, -0.1) is 0 Å². The SMILES string of the molecule is N#C[C@@]1(Cc2ccccc2I)OC[C@H]2O[C@H](OC34CC5CC(CC(C5)C3)C4)[C@@H](OCc3ccccc3)[C@@H](N=[N+]=[N-])[C@@H]2O1. The summed E-state index contributed by atoms with van der Waals surface area (Å²) >= 11 is 2.25. The normalized spacial score (nSPS) is 40.1. The van der Waals surface area contributed by atoms with Crippen LogP contribution < -0.4 is 0 Å². The molecular weight excluding hydrogens is 647 g/mol. The van der Waals surface area contributed by atoms with E-state index in [-0.39, 0.29) is 18.6 Å². The summed E-state index contributed by atoms with van der Waals surface area (Å²) in [6.07, 6.45) is 4.43. The predicted molar refractivity (Wildman–Crippen MR) is 161 cm³/mol. The zero-order valence-corrected chi connectivity index (χ0v) is 25.5. The van der Waals surface area contributed by atoms with Gasteiger partial charge in [-0.3, -0.25) is 0 Å². The van der Waals surface area contributed by atoms with Crippen LogP contribution in [0, 0.1) is 32.7 Å². The lowest BCUT2D eigenvalue weighted by molar-refractivity contribution is -0.381. The molecule has 0 radical (unpaired) electrons. The number of fused-ring (bicyclic) bond motifs is 1. The molecule has 6 atom stereocenters. The van der Waals surface area contributed by atoms with Crippen LogP contribution in [0.15, 0.2) is 59.7 Å². The Kier molecular flexibility index (Phi) is 7.95. The van der Waals surface area contributed by atoms with Crippen molar-refractivity contribution in [2.24, 2.45) is 22.9 Å². The van der Waals surface area contributed by atoms with E-state index in [1.807, 2.05) is 54.6 Å². The standard InChI is InChI=1S/C32H35IN4O5/c33-25-9-5-4-8-24(25)16-32(19-34)39-18-26-28(41-32)27(36-37-35)29(38-17-20-6-2-1-3-7-20)30(40-26)42-31-13-21-10-22(14-31)12-23(11-21)15-31/h1-9,21-23,26-30H,10-18H2/t21?,22?,23?,26-,27+,28-,29+,30-,31?,32+/m1/s1. The number of halogens is 1. The zero-order chi connectivity index (χ0) is 28.7. The lowest BCUT2D eigenvalue weighted by atomic mass is 9.54. The highest BCUT2D eigenvalue weighted by molar-refractivity contribution is 14.1. The highest BCUT2D eigenvalue weighted by atomic mass is 127. The van der Waals surface area contributed by atoms with Gasteiger partial charge in [-0.2, -0.15) is 5.26 Å². The van der Waals surface area contributed by atoms with Gasteiger partial charge in [0.15, 0.2) is 6.29 Å². The summed E-state index contributed by atoms with van der Waals surface area (Å²) in [5, 5.41) is 14.5. The number of azide groups is 1. The van der Waals surface area contributed by atoms with E-state index in [0.717, 1.165) is 34.0 Å². The molecule has 2 heterocycles. The van der Waals surface area contributed by atoms with Crippen LogP contribution in [0.5, 0.6) is 0 Å². The minimum absolute atomic E-state index is 0.116. The molecule has 9 nitrogen and oxygen atoms in total. The molecule has 2 aliphatic heterocycles. The Hall–Kier alpha value is -2.23. The quantitative estimate of drug-likeness (QED) is 0.137. The van der Waals surface area contributed by atoms with Crippen LogP contribution in [0.2, 0.25) is 0 Å². The summed E-state index contributed by atoms with van der Waals surface area (Å²) in [5.41, 5.74) is 11.4. The Morgan fingerprint density at radius 3 is 2.38 bits per heavy atom. The fourth-order valence-corrected chi connectivity index (χ4v) is 8.96. The fraction of sp³-hybridized carbons (Fsp3) is 0.594. The fourth-order valence-electron chi connectivity index (χ4n) is 8.38. The van der Waals surface area contributed by atoms with Crippen molar-refractivity contribution in [3.8, 4) is 6.07 Å². The van der Waals surface area contributed by atoms with Gasteiger partial charge in [-0.05, 0) is 102 Å². The van der Waals surface area contributed by atoms with Crippen molar-refractivity contribution in [2.75, 3.05) is 6.61 Å². The molecule has 10 heteroatoms. The molecule has 42 heavy (non-hydrogen) atoms. The highest BCUT2D eigenvalue weighted by Gasteiger charge is 2.58. The number of hydrogen-bond donors (Lipinski definition) is 0. The van der Waals surface area contributed by atoms with Gasteiger partial charge >= 0.3 is 0 Å². The second-order valence-electron chi connectivity index (χ2n) is 12.7. The van der Waals surface area contributed by atoms with E-state index in [4.69, 9.17) is 23.7 Å². The van der Waals surface area contributed by atoms with Crippen molar-refractivity contribution in [1.82, 2.24) is 0 Å². The van der Waals surface area contributed by atoms with E-state index >= 15 is 0 Å². The second kappa shape index (κ2) is 11.7. The maximum Gasteiger partial charge on any atom is 0.263 e. The lowest BCUT2D eigenvalue weighted by Crippen LogP contribution is -2.67. The summed E-state index contributed by atoms with van der Waals surface area (Å²) in [6.45, 7) is 0.414. The summed E-state index contributed by atoms with van der Waals surface area (Å²) in [4.78, 5) is 3.22. The molecule has 4 bridgehead atoms. The van der Waals surface area contributed by atoms with E-state index in [0.29, 0.717) is 24.4 Å². The molecule has 6 fully saturated rings. The molecule has 8 rings (SSSR count). The Morgan fingerprint density at radius 1 is 1.02 bits per heavy atom. The largest absolute Gasteiger partial charge is 0.368 e. The van der Waals surface area contributed by atoms with Gasteiger partial charge in [-0.25, -0.2) is 0 Å². The zero-order valence-electron chi connectivity index (χ0n) is 23.4. The third-order valence-corrected chi connectivity index (χ3v) is 10.8. The highest BCUT2D eigenvalue weighted by Crippen LogP contribution is 2.58. The van der Waals surface area contributed by atoms with E-state index < -0.39 is 36.4 Å². The topological polar surface area (TPSA) is 119 Å². The van der Waals surface area contributed by atoms with Crippen LogP contribution in [0.3, 0.4) is 0 Å². The van der Waals surface area contributed by atoms with Crippen molar-refractivity contribution in [3.05, 3.63) is 79.7 Å². The second-order valence-corrected chi connectivity index (χ2v) is 13.9. The Balaban J connectivity index is 1.18. The van der Waals surface area contributed by atoms with Crippen molar-refractivity contribution in [3.63, 3.8) is 0 Å². The van der Waals surface area contributed by atoms with Crippen molar-refractivity contribution < 1.29 is 23.7 Å². The van der Waals surface area contributed by atoms with Crippen LogP contribution in [-0.2, 0) is 36.7 Å². The Labute approximate surface area is 259 Å². The number of benzene rings is 2. The number of nitriles is 1. The number of nitrogens with zero attached hydrogens (tertiary/aromatic N) is 4. The predicted octanol–water partition coefficient (Wildman–Crippen LogP) is 6.44. The van der Waals surface area contributed by atoms with Crippen LogP contribution in [0.4, 0.5) is 0 Å². The maximum absolute atomic E-state index is 10.3. The molecule has 2 aromatic carbocycles. The number of rotatable bonds is 8. The average Bonchev–Trinajstić information content (AvgIpc) is 2.98. The van der Waals surface area contributed by atoms with Gasteiger partial charge in [0.2, 0.25) is 0 Å². The summed E-state index contributed by atoms with van der Waals surface area (Å²) < 4.78 is 33.8. The van der Waals surface area contributed by atoms with E-state index in [1.54, 1.807) is 0 Å². The maximum atomic E-state index is 10.3. The Morgan fingerprint density at radius 2 is 1.71 bits per heavy atom. The molecule has 0 N–H and O–H groups in total. The molecular formula is C32H35IN4O5. The number of ether oxygens (including phenoxy) is 5. The third-order valence-electron chi connectivity index (χ3n) is 9.79. The average molecular weight is 683 g/mol. The molecule has 2 aromatic rings. The van der Waals surface area contributed by atoms with Crippen molar-refractivity contribution in [1.29, 1.82) is 5.26 Å². The van der Waals surface area contributed by atoms with Gasteiger partial charge in [0.1, 0.15) is 24.4 Å². The monoisotopic (exact) mass is 682 g/mol. The minimum atomic E-state index is -1.55. The van der Waals surface area contributed by atoms with Crippen LogP contribution >= 0.6 is 22.6 Å². The van der Waals surface area contributed by atoms with E-state index in [1.165, 1.54) is 19.3 Å². The Bertz CT molecular complexity index is 1350. The first-order chi connectivity index (χ1) is 20.5. The van der Waals surface area contributed by atoms with Crippen molar-refractivity contribution in [2.45, 2.75) is 93.6 Å². The summed E-state index contributed by atoms with van der Waals surface area (Å²) in [6, 6.07) is 19.2. The van der Waals surface area contributed by atoms with Crippen LogP contribution in [0.25, 0.3) is 10.4 Å². The minimum Gasteiger partial charge on any atom is -0.368 e. The first-order valence-electron chi connectivity index (χ1n) is 15.0. The van der Waals surface area contributed by atoms with Crippen molar-refractivity contribution >= 4 is 22.6 Å². The summed E-state index contributed by atoms with van der Waals surface area (Å²) in [5.74, 6) is 0.542. The molecule has 0 aromatic heterocycles. The molecule has 6 aliphatic rings. The van der Waals surface area contributed by atoms with E-state index in [9.17, 15) is 10.8 Å². The molecule has 220 valence electrons. The van der Waals surface area contributed by atoms with Gasteiger partial charge in [-0.1, -0.05) is 53.6 Å². The van der Waals surface area contributed by atoms with Gasteiger partial charge in [0, 0.05) is 14.9 Å². The first kappa shape index (κ1) is 28.5. The molecule has 2 saturated heterocycles. The molecule has 4 saturated carbocycles. The number of hydrogen-bond acceptors (Lipinski definition) is 7. The third kappa shape index (κ3) is 5.57. The smallest absolute Gasteiger partial charge is 0.263 e. The van der Waals surface area contributed by atoms with Gasteiger partial charge in [0.05, 0.1) is 24.9 Å².